The van der Waals surface area contributed by atoms with Gasteiger partial charge in [-0.1, -0.05) is 50.1 Å². The van der Waals surface area contributed by atoms with Crippen LogP contribution in [0.4, 0.5) is 4.39 Å². The third kappa shape index (κ3) is 6.57. The van der Waals surface area contributed by atoms with Crippen LogP contribution in [0.15, 0.2) is 48.5 Å². The fourth-order valence-corrected chi connectivity index (χ4v) is 4.56. The second kappa shape index (κ2) is 12.1. The van der Waals surface area contributed by atoms with Crippen LogP contribution in [-0.2, 0) is 22.7 Å². The molecule has 0 bridgehead atoms. The molecule has 2 aromatic carbocycles. The van der Waals surface area contributed by atoms with E-state index in [0.717, 1.165) is 62.0 Å². The molecule has 0 aliphatic carbocycles. The number of halogens is 1. The molecule has 1 aliphatic rings. The maximum Gasteiger partial charge on any atom is 0.222 e. The van der Waals surface area contributed by atoms with E-state index >= 15 is 0 Å². The molecule has 1 amide bonds. The SMILES string of the molecule is CCCCCC(=O)N1CCC(OCc2nc3ccc(F)cc3c(OCc3ccccc3)c2C)CC1. The zero-order valence-electron chi connectivity index (χ0n) is 20.8. The molecule has 4 rings (SSSR count). The first kappa shape index (κ1) is 25.1. The highest BCUT2D eigenvalue weighted by atomic mass is 19.1. The predicted molar refractivity (Wildman–Crippen MR) is 136 cm³/mol. The minimum atomic E-state index is -0.316. The number of likely N-dealkylation sites (tertiary alicyclic amines) is 1. The molecule has 0 unspecified atom stereocenters. The fourth-order valence-electron chi connectivity index (χ4n) is 4.56. The number of carbonyl (C=O) groups excluding carboxylic acids is 1. The summed E-state index contributed by atoms with van der Waals surface area (Å²) in [6.07, 6.45) is 5.59. The molecule has 3 aromatic rings. The number of carbonyl (C=O) groups is 1. The van der Waals surface area contributed by atoms with Gasteiger partial charge in [0.25, 0.3) is 0 Å². The number of hydrogen-bond donors (Lipinski definition) is 0. The van der Waals surface area contributed by atoms with Crippen molar-refractivity contribution in [2.75, 3.05) is 13.1 Å². The van der Waals surface area contributed by atoms with Gasteiger partial charge in [0.05, 0.1) is 23.9 Å². The standard InChI is InChI=1S/C29H35FN2O3/c1-3-4-6-11-28(33)32-16-14-24(15-17-32)34-20-27-21(2)29(35-19-22-9-7-5-8-10-22)25-18-23(30)12-13-26(25)31-27/h5,7-10,12-13,18,24H,3-4,6,11,14-17,19-20H2,1-2H3. The molecule has 0 N–H and O–H groups in total. The normalized spacial score (nSPS) is 14.4. The summed E-state index contributed by atoms with van der Waals surface area (Å²) in [5.74, 6) is 0.587. The van der Waals surface area contributed by atoms with E-state index in [9.17, 15) is 9.18 Å². The average molecular weight is 479 g/mol. The highest BCUT2D eigenvalue weighted by Crippen LogP contribution is 2.32. The monoisotopic (exact) mass is 478 g/mol. The number of benzene rings is 2. The van der Waals surface area contributed by atoms with Crippen molar-refractivity contribution in [1.29, 1.82) is 0 Å². The van der Waals surface area contributed by atoms with Crippen LogP contribution in [-0.4, -0.2) is 35.0 Å². The lowest BCUT2D eigenvalue weighted by atomic mass is 10.1. The number of aromatic nitrogens is 1. The predicted octanol–water partition coefficient (Wildman–Crippen LogP) is 6.35. The van der Waals surface area contributed by atoms with Crippen LogP contribution in [0, 0.1) is 12.7 Å². The minimum absolute atomic E-state index is 0.0912. The highest BCUT2D eigenvalue weighted by Gasteiger charge is 2.24. The van der Waals surface area contributed by atoms with Crippen molar-refractivity contribution < 1.29 is 18.7 Å². The smallest absolute Gasteiger partial charge is 0.222 e. The number of nitrogens with zero attached hydrogens (tertiary/aromatic N) is 2. The summed E-state index contributed by atoms with van der Waals surface area (Å²) < 4.78 is 26.5. The summed E-state index contributed by atoms with van der Waals surface area (Å²) in [5, 5.41) is 0.664. The number of amides is 1. The second-order valence-electron chi connectivity index (χ2n) is 9.30. The van der Waals surface area contributed by atoms with Crippen LogP contribution < -0.4 is 4.74 Å². The minimum Gasteiger partial charge on any atom is -0.488 e. The van der Waals surface area contributed by atoms with Crippen LogP contribution in [0.3, 0.4) is 0 Å². The summed E-state index contributed by atoms with van der Waals surface area (Å²) in [7, 11) is 0. The van der Waals surface area contributed by atoms with Gasteiger partial charge in [-0.25, -0.2) is 9.37 Å². The molecule has 0 saturated carbocycles. The first-order chi connectivity index (χ1) is 17.0. The Bertz CT molecular complexity index is 1130. The van der Waals surface area contributed by atoms with Crippen LogP contribution in [0.1, 0.15) is 62.3 Å². The topological polar surface area (TPSA) is 51.7 Å². The van der Waals surface area contributed by atoms with E-state index in [1.54, 1.807) is 6.07 Å². The Labute approximate surface area is 207 Å². The van der Waals surface area contributed by atoms with E-state index in [-0.39, 0.29) is 17.8 Å². The Balaban J connectivity index is 1.42. The largest absolute Gasteiger partial charge is 0.488 e. The quantitative estimate of drug-likeness (QED) is 0.319. The van der Waals surface area contributed by atoms with Crippen LogP contribution in [0.5, 0.6) is 5.75 Å². The van der Waals surface area contributed by atoms with Crippen molar-refractivity contribution in [3.05, 3.63) is 71.2 Å². The van der Waals surface area contributed by atoms with E-state index < -0.39 is 0 Å². The van der Waals surface area contributed by atoms with Crippen LogP contribution in [0.25, 0.3) is 10.9 Å². The van der Waals surface area contributed by atoms with Gasteiger partial charge in [-0.2, -0.15) is 0 Å². The van der Waals surface area contributed by atoms with Crippen molar-refractivity contribution in [1.82, 2.24) is 9.88 Å². The zero-order chi connectivity index (χ0) is 24.6. The van der Waals surface area contributed by atoms with Crippen LogP contribution >= 0.6 is 0 Å². The van der Waals surface area contributed by atoms with Crippen molar-refractivity contribution in [2.24, 2.45) is 0 Å². The lowest BCUT2D eigenvalue weighted by Crippen LogP contribution is -2.40. The van der Waals surface area contributed by atoms with Gasteiger partial charge in [0.1, 0.15) is 18.2 Å². The third-order valence-corrected chi connectivity index (χ3v) is 6.70. The highest BCUT2D eigenvalue weighted by molar-refractivity contribution is 5.86. The van der Waals surface area contributed by atoms with Gasteiger partial charge in [0.15, 0.2) is 0 Å². The molecule has 186 valence electrons. The first-order valence-electron chi connectivity index (χ1n) is 12.7. The molecule has 1 aliphatic heterocycles. The van der Waals surface area contributed by atoms with Gasteiger partial charge >= 0.3 is 0 Å². The lowest BCUT2D eigenvalue weighted by molar-refractivity contribution is -0.134. The number of piperidine rings is 1. The van der Waals surface area contributed by atoms with Gasteiger partial charge in [0.2, 0.25) is 5.91 Å². The molecule has 0 radical (unpaired) electrons. The lowest BCUT2D eigenvalue weighted by Gasteiger charge is -2.32. The van der Waals surface area contributed by atoms with E-state index in [2.05, 4.69) is 6.92 Å². The van der Waals surface area contributed by atoms with Gasteiger partial charge < -0.3 is 14.4 Å². The first-order valence-corrected chi connectivity index (χ1v) is 12.7. The summed E-state index contributed by atoms with van der Waals surface area (Å²) >= 11 is 0. The molecule has 1 saturated heterocycles. The molecule has 2 heterocycles. The van der Waals surface area contributed by atoms with Crippen molar-refractivity contribution in [2.45, 2.75) is 71.7 Å². The Morgan fingerprint density at radius 1 is 1.09 bits per heavy atom. The molecule has 0 spiro atoms. The van der Waals surface area contributed by atoms with Gasteiger partial charge in [-0.15, -0.1) is 0 Å². The Kier molecular flexibility index (Phi) is 8.69. The van der Waals surface area contributed by atoms with Crippen molar-refractivity contribution in [3.63, 3.8) is 0 Å². The summed E-state index contributed by atoms with van der Waals surface area (Å²) in [4.78, 5) is 19.1. The van der Waals surface area contributed by atoms with Crippen LogP contribution in [0.2, 0.25) is 0 Å². The number of unbranched alkanes of at least 4 members (excludes halogenated alkanes) is 2. The Hall–Kier alpha value is -2.99. The van der Waals surface area contributed by atoms with E-state index in [1.165, 1.54) is 12.1 Å². The summed E-state index contributed by atoms with van der Waals surface area (Å²) in [5.41, 5.74) is 3.39. The van der Waals surface area contributed by atoms with Gasteiger partial charge in [-0.05, 0) is 49.9 Å². The molecule has 1 aromatic heterocycles. The summed E-state index contributed by atoms with van der Waals surface area (Å²) in [6.45, 7) is 6.33. The summed E-state index contributed by atoms with van der Waals surface area (Å²) in [6, 6.07) is 14.5. The number of ether oxygens (including phenoxy) is 2. The van der Waals surface area contributed by atoms with Gasteiger partial charge in [0, 0.05) is 30.5 Å². The fraction of sp³-hybridized carbons (Fsp3) is 0.448. The number of rotatable bonds is 10. The van der Waals surface area contributed by atoms with Crippen molar-refractivity contribution in [3.8, 4) is 5.75 Å². The molecule has 5 nitrogen and oxygen atoms in total. The molecule has 1 fully saturated rings. The van der Waals surface area contributed by atoms with E-state index in [0.29, 0.717) is 36.3 Å². The Morgan fingerprint density at radius 3 is 2.60 bits per heavy atom. The molecular weight excluding hydrogens is 443 g/mol. The van der Waals surface area contributed by atoms with E-state index in [4.69, 9.17) is 14.5 Å². The molecule has 6 heteroatoms. The Morgan fingerprint density at radius 2 is 1.86 bits per heavy atom. The molecule has 0 atom stereocenters. The molecule has 35 heavy (non-hydrogen) atoms. The number of hydrogen-bond acceptors (Lipinski definition) is 4. The second-order valence-corrected chi connectivity index (χ2v) is 9.30. The van der Waals surface area contributed by atoms with Gasteiger partial charge in [-0.3, -0.25) is 4.79 Å². The third-order valence-electron chi connectivity index (χ3n) is 6.70. The average Bonchev–Trinajstić information content (AvgIpc) is 2.88. The van der Waals surface area contributed by atoms with Crippen molar-refractivity contribution >= 4 is 16.8 Å². The maximum absolute atomic E-state index is 14.0. The number of fused-ring (bicyclic) bond motifs is 1. The zero-order valence-corrected chi connectivity index (χ0v) is 20.8. The van der Waals surface area contributed by atoms with E-state index in [1.807, 2.05) is 42.2 Å². The maximum atomic E-state index is 14.0. The molecular formula is C29H35FN2O3. The number of pyridine rings is 1.